The zero-order valence-corrected chi connectivity index (χ0v) is 5.63. The fourth-order valence-electron chi connectivity index (χ4n) is 0.442. The van der Waals surface area contributed by atoms with E-state index in [0.29, 0.717) is 0 Å². The molecule has 61 valence electrons. The lowest BCUT2D eigenvalue weighted by Gasteiger charge is -2.23. The molecule has 0 aromatic heterocycles. The maximum Gasteiger partial charge on any atom is 0.310 e. The van der Waals surface area contributed by atoms with E-state index in [0.717, 1.165) is 6.92 Å². The third-order valence-electron chi connectivity index (χ3n) is 1.29. The summed E-state index contributed by atoms with van der Waals surface area (Å²) in [4.78, 5) is 0. The van der Waals surface area contributed by atoms with Crippen LogP contribution in [0.1, 0.15) is 19.8 Å². The minimum atomic E-state index is -3.96. The van der Waals surface area contributed by atoms with Crippen LogP contribution in [0.3, 0.4) is 0 Å². The summed E-state index contributed by atoms with van der Waals surface area (Å²) in [5, 5.41) is 0. The molecular formula is C6H9F4. The molecule has 0 saturated carbocycles. The smallest absolute Gasteiger partial charge is 0.200 e. The van der Waals surface area contributed by atoms with E-state index in [2.05, 4.69) is 6.92 Å². The summed E-state index contributed by atoms with van der Waals surface area (Å²) in [5.41, 5.74) is 0. The van der Waals surface area contributed by atoms with Gasteiger partial charge in [-0.15, -0.1) is 0 Å². The van der Waals surface area contributed by atoms with Gasteiger partial charge in [0.25, 0.3) is 0 Å². The fraction of sp³-hybridized carbons (Fsp3) is 0.833. The van der Waals surface area contributed by atoms with Crippen molar-refractivity contribution >= 4 is 0 Å². The lowest BCUT2D eigenvalue weighted by Crippen LogP contribution is -2.39. The van der Waals surface area contributed by atoms with Gasteiger partial charge in [0.2, 0.25) is 0 Å². The van der Waals surface area contributed by atoms with Gasteiger partial charge < -0.3 is 0 Å². The normalized spacial score (nSPS) is 13.8. The summed E-state index contributed by atoms with van der Waals surface area (Å²) in [6, 6.07) is 0. The molecule has 0 unspecified atom stereocenters. The Balaban J connectivity index is 4.28. The van der Waals surface area contributed by atoms with E-state index in [-0.39, 0.29) is 0 Å². The van der Waals surface area contributed by atoms with Gasteiger partial charge in [-0.05, 0) is 6.92 Å². The second-order valence-corrected chi connectivity index (χ2v) is 2.01. The van der Waals surface area contributed by atoms with Gasteiger partial charge in [0.1, 0.15) is 0 Å². The molecular weight excluding hydrogens is 148 g/mol. The first-order valence-electron chi connectivity index (χ1n) is 2.92. The Bertz CT molecular complexity index is 94.3. The van der Waals surface area contributed by atoms with Crippen LogP contribution >= 0.6 is 0 Å². The van der Waals surface area contributed by atoms with Gasteiger partial charge in [0.05, 0.1) is 0 Å². The van der Waals surface area contributed by atoms with E-state index in [4.69, 9.17) is 0 Å². The average molecular weight is 157 g/mol. The van der Waals surface area contributed by atoms with Crippen LogP contribution in [0.25, 0.3) is 0 Å². The minimum absolute atomic E-state index is 0.852. The van der Waals surface area contributed by atoms with Crippen LogP contribution in [0, 0.1) is 6.92 Å². The summed E-state index contributed by atoms with van der Waals surface area (Å²) in [6.45, 7) is 3.76. The SMILES string of the molecule is [CH2]CC(F)(F)C(F)(F)CC. The van der Waals surface area contributed by atoms with Gasteiger partial charge in [0, 0.05) is 12.8 Å². The summed E-state index contributed by atoms with van der Waals surface area (Å²) in [5.74, 6) is -7.86. The standard InChI is InChI=1S/C6H9F4/c1-3-5(7,8)6(9,10)4-2/h1,3-4H2,2H3. The Labute approximate surface area is 57.2 Å². The second kappa shape index (κ2) is 2.76. The van der Waals surface area contributed by atoms with Crippen molar-refractivity contribution in [3.63, 3.8) is 0 Å². The first-order valence-corrected chi connectivity index (χ1v) is 2.92. The molecule has 4 heteroatoms. The molecule has 0 bridgehead atoms. The number of alkyl halides is 4. The van der Waals surface area contributed by atoms with Crippen molar-refractivity contribution in [2.45, 2.75) is 31.6 Å². The lowest BCUT2D eigenvalue weighted by atomic mass is 10.1. The number of halogens is 4. The predicted molar refractivity (Wildman–Crippen MR) is 30.2 cm³/mol. The van der Waals surface area contributed by atoms with E-state index < -0.39 is 24.7 Å². The number of rotatable bonds is 3. The molecule has 0 saturated heterocycles. The molecule has 0 spiro atoms. The highest BCUT2D eigenvalue weighted by Crippen LogP contribution is 2.38. The molecule has 0 amide bonds. The van der Waals surface area contributed by atoms with E-state index in [1.165, 1.54) is 0 Å². The van der Waals surface area contributed by atoms with Gasteiger partial charge in [-0.1, -0.05) is 6.92 Å². The number of hydrogen-bond donors (Lipinski definition) is 0. The van der Waals surface area contributed by atoms with Crippen LogP contribution in [-0.4, -0.2) is 11.8 Å². The summed E-state index contributed by atoms with van der Waals surface area (Å²) < 4.78 is 48.5. The molecule has 1 radical (unpaired) electrons. The third-order valence-corrected chi connectivity index (χ3v) is 1.29. The van der Waals surface area contributed by atoms with E-state index >= 15 is 0 Å². The minimum Gasteiger partial charge on any atom is -0.200 e. The Morgan fingerprint density at radius 3 is 1.60 bits per heavy atom. The van der Waals surface area contributed by atoms with Crippen molar-refractivity contribution in [1.29, 1.82) is 0 Å². The molecule has 0 nitrogen and oxygen atoms in total. The molecule has 0 N–H and O–H groups in total. The van der Waals surface area contributed by atoms with Crippen molar-refractivity contribution in [3.05, 3.63) is 6.92 Å². The fourth-order valence-corrected chi connectivity index (χ4v) is 0.442. The average Bonchev–Trinajstić information content (AvgIpc) is 1.88. The summed E-state index contributed by atoms with van der Waals surface area (Å²) in [6.07, 6.45) is -1.91. The first-order chi connectivity index (χ1) is 4.37. The van der Waals surface area contributed by atoms with Crippen molar-refractivity contribution in [1.82, 2.24) is 0 Å². The van der Waals surface area contributed by atoms with Crippen molar-refractivity contribution < 1.29 is 17.6 Å². The largest absolute Gasteiger partial charge is 0.310 e. The number of hydrogen-bond acceptors (Lipinski definition) is 0. The third kappa shape index (κ3) is 1.61. The van der Waals surface area contributed by atoms with Crippen LogP contribution in [0.2, 0.25) is 0 Å². The molecule has 0 aliphatic carbocycles. The molecule has 10 heavy (non-hydrogen) atoms. The molecule has 0 aliphatic heterocycles. The second-order valence-electron chi connectivity index (χ2n) is 2.01. The van der Waals surface area contributed by atoms with Crippen molar-refractivity contribution in [2.75, 3.05) is 0 Å². The maximum absolute atomic E-state index is 12.1. The Kier molecular flexibility index (Phi) is 2.68. The van der Waals surface area contributed by atoms with Gasteiger partial charge in [0.15, 0.2) is 0 Å². The molecule has 0 fully saturated rings. The van der Waals surface area contributed by atoms with Crippen LogP contribution < -0.4 is 0 Å². The van der Waals surface area contributed by atoms with Crippen LogP contribution in [0.5, 0.6) is 0 Å². The highest BCUT2D eigenvalue weighted by Gasteiger charge is 2.52. The van der Waals surface area contributed by atoms with Crippen LogP contribution in [0.15, 0.2) is 0 Å². The monoisotopic (exact) mass is 157 g/mol. The summed E-state index contributed by atoms with van der Waals surface area (Å²) >= 11 is 0. The molecule has 0 aromatic rings. The Morgan fingerprint density at radius 2 is 1.50 bits per heavy atom. The van der Waals surface area contributed by atoms with Gasteiger partial charge in [-0.25, -0.2) is 0 Å². The van der Waals surface area contributed by atoms with Crippen LogP contribution in [-0.2, 0) is 0 Å². The quantitative estimate of drug-likeness (QED) is 0.552. The molecule has 0 atom stereocenters. The van der Waals surface area contributed by atoms with E-state index in [1.807, 2.05) is 0 Å². The highest BCUT2D eigenvalue weighted by molar-refractivity contribution is 4.83. The topological polar surface area (TPSA) is 0 Å². The molecule has 0 aromatic carbocycles. The van der Waals surface area contributed by atoms with Gasteiger partial charge in [-0.2, -0.15) is 17.6 Å². The molecule has 0 aliphatic rings. The maximum atomic E-state index is 12.1. The molecule has 0 rings (SSSR count). The van der Waals surface area contributed by atoms with Gasteiger partial charge >= 0.3 is 11.8 Å². The Hall–Kier alpha value is -0.280. The lowest BCUT2D eigenvalue weighted by molar-refractivity contribution is -0.207. The zero-order valence-electron chi connectivity index (χ0n) is 5.63. The zero-order chi connectivity index (χ0) is 8.41. The highest BCUT2D eigenvalue weighted by atomic mass is 19.3. The van der Waals surface area contributed by atoms with Crippen molar-refractivity contribution in [3.8, 4) is 0 Å². The van der Waals surface area contributed by atoms with Crippen molar-refractivity contribution in [2.24, 2.45) is 0 Å². The van der Waals surface area contributed by atoms with Gasteiger partial charge in [-0.3, -0.25) is 0 Å². The van der Waals surface area contributed by atoms with E-state index in [9.17, 15) is 17.6 Å². The van der Waals surface area contributed by atoms with Crippen LogP contribution in [0.4, 0.5) is 17.6 Å². The predicted octanol–water partition coefficient (Wildman–Crippen LogP) is 2.89. The molecule has 0 heterocycles. The van der Waals surface area contributed by atoms with E-state index in [1.54, 1.807) is 0 Å². The first kappa shape index (κ1) is 9.72. The Morgan fingerprint density at radius 1 is 1.10 bits per heavy atom. The summed E-state index contributed by atoms with van der Waals surface area (Å²) in [7, 11) is 0.